The molecule has 2 unspecified atom stereocenters. The highest BCUT2D eigenvalue weighted by molar-refractivity contribution is 5.91. The Morgan fingerprint density at radius 3 is 2.85 bits per heavy atom. The van der Waals surface area contributed by atoms with Crippen LogP contribution in [0.25, 0.3) is 10.8 Å². The lowest BCUT2D eigenvalue weighted by Gasteiger charge is -2.22. The molecule has 1 aliphatic heterocycles. The maximum absolute atomic E-state index is 12.7. The van der Waals surface area contributed by atoms with Crippen molar-refractivity contribution in [2.45, 2.75) is 32.0 Å². The first-order valence-corrected chi connectivity index (χ1v) is 8.86. The lowest BCUT2D eigenvalue weighted by Crippen LogP contribution is -2.39. The Kier molecular flexibility index (Phi) is 4.30. The smallest absolute Gasteiger partial charge is 0.291 e. The van der Waals surface area contributed by atoms with E-state index in [0.717, 1.165) is 35.8 Å². The fourth-order valence-corrected chi connectivity index (χ4v) is 3.28. The van der Waals surface area contributed by atoms with Crippen LogP contribution in [0.1, 0.15) is 35.6 Å². The number of hydrogen-bond acceptors (Lipinski definition) is 5. The van der Waals surface area contributed by atoms with Gasteiger partial charge in [0.15, 0.2) is 0 Å². The van der Waals surface area contributed by atoms with Gasteiger partial charge >= 0.3 is 0 Å². The number of benzene rings is 2. The van der Waals surface area contributed by atoms with E-state index in [2.05, 4.69) is 38.9 Å². The van der Waals surface area contributed by atoms with E-state index in [1.165, 1.54) is 0 Å². The van der Waals surface area contributed by atoms with Gasteiger partial charge < -0.3 is 16.4 Å². The first kappa shape index (κ1) is 16.5. The number of rotatable bonds is 4. The molecule has 0 saturated carbocycles. The average molecular weight is 350 g/mol. The van der Waals surface area contributed by atoms with Gasteiger partial charge in [-0.05, 0) is 35.7 Å². The van der Waals surface area contributed by atoms with Crippen molar-refractivity contribution >= 4 is 22.6 Å². The topological polar surface area (TPSA) is 97.9 Å². The number of aryl methyl sites for hydroxylation is 1. The normalized spacial score (nSPS) is 15.8. The minimum atomic E-state index is -0.319. The van der Waals surface area contributed by atoms with E-state index < -0.39 is 0 Å². The number of anilines is 1. The molecule has 0 bridgehead atoms. The molecule has 0 saturated heterocycles. The molecule has 2 atom stereocenters. The van der Waals surface area contributed by atoms with Gasteiger partial charge in [-0.2, -0.15) is 4.98 Å². The fraction of sp³-hybridized carbons (Fsp3) is 0.316. The summed E-state index contributed by atoms with van der Waals surface area (Å²) in [5, 5.41) is 12.7. The molecular weight excluding hydrogens is 328 g/mol. The lowest BCUT2D eigenvalue weighted by atomic mass is 9.97. The van der Waals surface area contributed by atoms with Crippen LogP contribution in [-0.4, -0.2) is 33.3 Å². The minimum Gasteiger partial charge on any atom is -0.354 e. The van der Waals surface area contributed by atoms with Gasteiger partial charge in [-0.3, -0.25) is 4.79 Å². The SMILES string of the molecule is CC(N)C(NC(=O)c1nc2n(n1)CCCN2)c1ccc2ccccc2c1. The number of hydrogen-bond donors (Lipinski definition) is 3. The van der Waals surface area contributed by atoms with Crippen LogP contribution in [0.4, 0.5) is 5.95 Å². The Morgan fingerprint density at radius 1 is 1.27 bits per heavy atom. The summed E-state index contributed by atoms with van der Waals surface area (Å²) in [5.41, 5.74) is 7.13. The molecule has 2 heterocycles. The number of amides is 1. The third kappa shape index (κ3) is 3.13. The second-order valence-corrected chi connectivity index (χ2v) is 6.68. The molecule has 7 heteroatoms. The average Bonchev–Trinajstić information content (AvgIpc) is 3.09. The lowest BCUT2D eigenvalue weighted by molar-refractivity contribution is 0.0921. The van der Waals surface area contributed by atoms with Crippen LogP contribution in [0.5, 0.6) is 0 Å². The van der Waals surface area contributed by atoms with E-state index in [4.69, 9.17) is 5.73 Å². The van der Waals surface area contributed by atoms with Crippen LogP contribution in [-0.2, 0) is 6.54 Å². The zero-order chi connectivity index (χ0) is 18.1. The number of nitrogens with zero attached hydrogens (tertiary/aromatic N) is 3. The maximum Gasteiger partial charge on any atom is 0.291 e. The number of carbonyl (C=O) groups is 1. The second kappa shape index (κ2) is 6.76. The Bertz CT molecular complexity index is 925. The summed E-state index contributed by atoms with van der Waals surface area (Å²) < 4.78 is 1.73. The van der Waals surface area contributed by atoms with Crippen molar-refractivity contribution in [3.05, 3.63) is 53.9 Å². The molecule has 26 heavy (non-hydrogen) atoms. The molecular formula is C19H22N6O. The quantitative estimate of drug-likeness (QED) is 0.669. The van der Waals surface area contributed by atoms with Crippen LogP contribution in [0, 0.1) is 0 Å². The fourth-order valence-electron chi connectivity index (χ4n) is 3.28. The highest BCUT2D eigenvalue weighted by atomic mass is 16.2. The van der Waals surface area contributed by atoms with Crippen LogP contribution in [0.15, 0.2) is 42.5 Å². The summed E-state index contributed by atoms with van der Waals surface area (Å²) in [5.74, 6) is 0.495. The van der Waals surface area contributed by atoms with E-state index in [0.29, 0.717) is 5.95 Å². The molecule has 0 fully saturated rings. The summed E-state index contributed by atoms with van der Waals surface area (Å²) in [7, 11) is 0. The summed E-state index contributed by atoms with van der Waals surface area (Å²) in [4.78, 5) is 17.0. The van der Waals surface area contributed by atoms with Crippen LogP contribution >= 0.6 is 0 Å². The summed E-state index contributed by atoms with van der Waals surface area (Å²) in [6.07, 6.45) is 0.969. The van der Waals surface area contributed by atoms with Gasteiger partial charge in [-0.25, -0.2) is 4.68 Å². The largest absolute Gasteiger partial charge is 0.354 e. The summed E-state index contributed by atoms with van der Waals surface area (Å²) in [6.45, 7) is 3.50. The standard InChI is InChI=1S/C19H22N6O/c1-12(20)16(15-8-7-13-5-2-3-6-14(13)11-15)22-18(26)17-23-19-21-9-4-10-25(19)24-17/h2-3,5-8,11-12,16H,4,9-10,20H2,1H3,(H,22,26)(H,21,23,24). The highest BCUT2D eigenvalue weighted by Gasteiger charge is 2.24. The predicted molar refractivity (Wildman–Crippen MR) is 101 cm³/mol. The van der Waals surface area contributed by atoms with E-state index in [1.807, 2.05) is 31.2 Å². The van der Waals surface area contributed by atoms with Gasteiger partial charge in [0.05, 0.1) is 6.04 Å². The Hall–Kier alpha value is -2.93. The van der Waals surface area contributed by atoms with E-state index in [-0.39, 0.29) is 23.8 Å². The molecule has 1 amide bonds. The molecule has 1 aromatic heterocycles. The van der Waals surface area contributed by atoms with Crippen molar-refractivity contribution < 1.29 is 4.79 Å². The molecule has 1 aliphatic rings. The predicted octanol–water partition coefficient (Wildman–Crippen LogP) is 2.07. The molecule has 3 aromatic rings. The maximum atomic E-state index is 12.7. The van der Waals surface area contributed by atoms with Gasteiger partial charge in [0.1, 0.15) is 0 Å². The number of fused-ring (bicyclic) bond motifs is 2. The number of nitrogens with one attached hydrogen (secondary N) is 2. The third-order valence-corrected chi connectivity index (χ3v) is 4.65. The van der Waals surface area contributed by atoms with E-state index in [9.17, 15) is 4.79 Å². The van der Waals surface area contributed by atoms with Crippen molar-refractivity contribution in [1.29, 1.82) is 0 Å². The molecule has 4 N–H and O–H groups in total. The molecule has 0 radical (unpaired) electrons. The first-order chi connectivity index (χ1) is 12.6. The van der Waals surface area contributed by atoms with Crippen molar-refractivity contribution in [2.75, 3.05) is 11.9 Å². The second-order valence-electron chi connectivity index (χ2n) is 6.68. The van der Waals surface area contributed by atoms with Crippen molar-refractivity contribution in [3.63, 3.8) is 0 Å². The van der Waals surface area contributed by atoms with Gasteiger partial charge in [0.25, 0.3) is 5.91 Å². The van der Waals surface area contributed by atoms with Crippen molar-refractivity contribution in [2.24, 2.45) is 5.73 Å². The number of carbonyl (C=O) groups excluding carboxylic acids is 1. The van der Waals surface area contributed by atoms with Crippen LogP contribution < -0.4 is 16.4 Å². The Morgan fingerprint density at radius 2 is 2.08 bits per heavy atom. The summed E-state index contributed by atoms with van der Waals surface area (Å²) >= 11 is 0. The monoisotopic (exact) mass is 350 g/mol. The third-order valence-electron chi connectivity index (χ3n) is 4.65. The minimum absolute atomic E-state index is 0.167. The van der Waals surface area contributed by atoms with Gasteiger partial charge in [0, 0.05) is 19.1 Å². The first-order valence-electron chi connectivity index (χ1n) is 8.86. The molecule has 7 nitrogen and oxygen atoms in total. The molecule has 0 aliphatic carbocycles. The number of aromatic nitrogens is 3. The molecule has 2 aromatic carbocycles. The zero-order valence-electron chi connectivity index (χ0n) is 14.6. The molecule has 4 rings (SSSR count). The van der Waals surface area contributed by atoms with Gasteiger partial charge in [-0.15, -0.1) is 5.10 Å². The van der Waals surface area contributed by atoms with Crippen LogP contribution in [0.3, 0.4) is 0 Å². The van der Waals surface area contributed by atoms with Crippen LogP contribution in [0.2, 0.25) is 0 Å². The zero-order valence-corrected chi connectivity index (χ0v) is 14.6. The highest BCUT2D eigenvalue weighted by Crippen LogP contribution is 2.22. The van der Waals surface area contributed by atoms with E-state index >= 15 is 0 Å². The molecule has 134 valence electrons. The van der Waals surface area contributed by atoms with Crippen molar-refractivity contribution in [3.8, 4) is 0 Å². The summed E-state index contributed by atoms with van der Waals surface area (Å²) in [6, 6.07) is 13.7. The van der Waals surface area contributed by atoms with E-state index in [1.54, 1.807) is 4.68 Å². The number of nitrogens with two attached hydrogens (primary N) is 1. The van der Waals surface area contributed by atoms with Gasteiger partial charge in [0.2, 0.25) is 11.8 Å². The van der Waals surface area contributed by atoms with Gasteiger partial charge in [-0.1, -0.05) is 36.4 Å². The molecule has 0 spiro atoms. The van der Waals surface area contributed by atoms with Crippen molar-refractivity contribution in [1.82, 2.24) is 20.1 Å². The Labute approximate surface area is 151 Å². The Balaban J connectivity index is 1.59.